The van der Waals surface area contributed by atoms with Gasteiger partial charge in [0, 0.05) is 0 Å². The van der Waals surface area contributed by atoms with Crippen molar-refractivity contribution in [2.75, 3.05) is 6.54 Å². The van der Waals surface area contributed by atoms with Crippen molar-refractivity contribution in [3.05, 3.63) is 12.2 Å². The normalized spacial score (nSPS) is 14.3. The SMILES string of the molecule is CCC=CC(C)CCCN. The highest BCUT2D eigenvalue weighted by Crippen LogP contribution is 2.05. The maximum Gasteiger partial charge on any atom is -0.00771 e. The van der Waals surface area contributed by atoms with E-state index in [0.717, 1.165) is 19.4 Å². The molecule has 0 aliphatic rings. The highest BCUT2D eigenvalue weighted by Gasteiger charge is 1.93. The molecule has 0 bridgehead atoms. The number of hydrogen-bond acceptors (Lipinski definition) is 1. The van der Waals surface area contributed by atoms with Gasteiger partial charge in [0.05, 0.1) is 0 Å². The second-order valence-corrected chi connectivity index (χ2v) is 2.74. The molecule has 1 heteroatoms. The minimum atomic E-state index is 0.712. The van der Waals surface area contributed by atoms with Gasteiger partial charge in [-0.1, -0.05) is 26.0 Å². The van der Waals surface area contributed by atoms with E-state index in [0.29, 0.717) is 5.92 Å². The highest BCUT2D eigenvalue weighted by atomic mass is 14.5. The third-order valence-corrected chi connectivity index (χ3v) is 1.56. The van der Waals surface area contributed by atoms with Crippen molar-refractivity contribution in [3.8, 4) is 0 Å². The minimum absolute atomic E-state index is 0.712. The monoisotopic (exact) mass is 141 g/mol. The largest absolute Gasteiger partial charge is 0.330 e. The van der Waals surface area contributed by atoms with E-state index < -0.39 is 0 Å². The van der Waals surface area contributed by atoms with Gasteiger partial charge in [-0.15, -0.1) is 0 Å². The van der Waals surface area contributed by atoms with Crippen LogP contribution in [-0.2, 0) is 0 Å². The fourth-order valence-corrected chi connectivity index (χ4v) is 0.904. The van der Waals surface area contributed by atoms with E-state index in [1.165, 1.54) is 6.42 Å². The first-order valence-electron chi connectivity index (χ1n) is 4.18. The Morgan fingerprint density at radius 2 is 2.20 bits per heavy atom. The molecular weight excluding hydrogens is 122 g/mol. The first-order chi connectivity index (χ1) is 4.81. The van der Waals surface area contributed by atoms with Gasteiger partial charge in [0.15, 0.2) is 0 Å². The van der Waals surface area contributed by atoms with E-state index in [-0.39, 0.29) is 0 Å². The molecular formula is C9H19N. The molecule has 60 valence electrons. The van der Waals surface area contributed by atoms with E-state index in [9.17, 15) is 0 Å². The number of allylic oxidation sites excluding steroid dienone is 2. The summed E-state index contributed by atoms with van der Waals surface area (Å²) in [5.41, 5.74) is 5.38. The van der Waals surface area contributed by atoms with Crippen LogP contribution in [0.1, 0.15) is 33.1 Å². The fourth-order valence-electron chi connectivity index (χ4n) is 0.904. The first kappa shape index (κ1) is 9.70. The Hall–Kier alpha value is -0.300. The van der Waals surface area contributed by atoms with Crippen LogP contribution in [-0.4, -0.2) is 6.54 Å². The van der Waals surface area contributed by atoms with Crippen molar-refractivity contribution in [2.45, 2.75) is 33.1 Å². The van der Waals surface area contributed by atoms with Crippen LogP contribution >= 0.6 is 0 Å². The van der Waals surface area contributed by atoms with Gasteiger partial charge in [0.1, 0.15) is 0 Å². The predicted molar refractivity (Wildman–Crippen MR) is 46.9 cm³/mol. The molecule has 0 aliphatic carbocycles. The lowest BCUT2D eigenvalue weighted by molar-refractivity contribution is 0.611. The summed E-state index contributed by atoms with van der Waals surface area (Å²) in [5, 5.41) is 0. The predicted octanol–water partition coefficient (Wildman–Crippen LogP) is 2.33. The fraction of sp³-hybridized carbons (Fsp3) is 0.778. The molecule has 0 aromatic rings. The molecule has 0 saturated carbocycles. The number of nitrogens with two attached hydrogens (primary N) is 1. The maximum atomic E-state index is 5.38. The maximum absolute atomic E-state index is 5.38. The van der Waals surface area contributed by atoms with Crippen molar-refractivity contribution in [3.63, 3.8) is 0 Å². The number of rotatable bonds is 5. The summed E-state index contributed by atoms with van der Waals surface area (Å²) >= 11 is 0. The molecule has 1 unspecified atom stereocenters. The third kappa shape index (κ3) is 5.83. The van der Waals surface area contributed by atoms with Gasteiger partial charge in [0.25, 0.3) is 0 Å². The van der Waals surface area contributed by atoms with Gasteiger partial charge in [-0.2, -0.15) is 0 Å². The van der Waals surface area contributed by atoms with E-state index in [4.69, 9.17) is 5.73 Å². The van der Waals surface area contributed by atoms with E-state index >= 15 is 0 Å². The molecule has 0 spiro atoms. The van der Waals surface area contributed by atoms with Crippen molar-refractivity contribution in [2.24, 2.45) is 11.7 Å². The van der Waals surface area contributed by atoms with Crippen molar-refractivity contribution in [1.82, 2.24) is 0 Å². The van der Waals surface area contributed by atoms with Crippen molar-refractivity contribution >= 4 is 0 Å². The zero-order valence-electron chi connectivity index (χ0n) is 7.14. The van der Waals surface area contributed by atoms with Crippen LogP contribution in [0.4, 0.5) is 0 Å². The molecule has 0 saturated heterocycles. The van der Waals surface area contributed by atoms with E-state index in [1.807, 2.05) is 0 Å². The van der Waals surface area contributed by atoms with Crippen molar-refractivity contribution < 1.29 is 0 Å². The molecule has 1 atom stereocenters. The lowest BCUT2D eigenvalue weighted by Gasteiger charge is -2.02. The van der Waals surface area contributed by atoms with Gasteiger partial charge in [0.2, 0.25) is 0 Å². The molecule has 0 fully saturated rings. The third-order valence-electron chi connectivity index (χ3n) is 1.56. The molecule has 0 radical (unpaired) electrons. The van der Waals surface area contributed by atoms with Crippen LogP contribution in [0.15, 0.2) is 12.2 Å². The standard InChI is InChI=1S/C9H19N/c1-3-4-6-9(2)7-5-8-10/h4,6,9H,3,5,7-8,10H2,1-2H3. The van der Waals surface area contributed by atoms with Gasteiger partial charge in [-0.3, -0.25) is 0 Å². The smallest absolute Gasteiger partial charge is 0.00771 e. The zero-order valence-corrected chi connectivity index (χ0v) is 7.14. The van der Waals surface area contributed by atoms with Crippen molar-refractivity contribution in [1.29, 1.82) is 0 Å². The average molecular weight is 141 g/mol. The van der Waals surface area contributed by atoms with Gasteiger partial charge < -0.3 is 5.73 Å². The quantitative estimate of drug-likeness (QED) is 0.584. The Bertz CT molecular complexity index is 86.7. The Kier molecular flexibility index (Phi) is 6.61. The molecule has 0 amide bonds. The van der Waals surface area contributed by atoms with E-state index in [2.05, 4.69) is 26.0 Å². The number of hydrogen-bond donors (Lipinski definition) is 1. The Morgan fingerprint density at radius 1 is 1.50 bits per heavy atom. The summed E-state index contributed by atoms with van der Waals surface area (Å²) in [7, 11) is 0. The van der Waals surface area contributed by atoms with Gasteiger partial charge >= 0.3 is 0 Å². The van der Waals surface area contributed by atoms with Gasteiger partial charge in [-0.25, -0.2) is 0 Å². The zero-order chi connectivity index (χ0) is 7.82. The molecule has 0 heterocycles. The lowest BCUT2D eigenvalue weighted by atomic mass is 10.1. The first-order valence-corrected chi connectivity index (χ1v) is 4.18. The van der Waals surface area contributed by atoms with Crippen LogP contribution in [0, 0.1) is 5.92 Å². The lowest BCUT2D eigenvalue weighted by Crippen LogP contribution is -2.00. The highest BCUT2D eigenvalue weighted by molar-refractivity contribution is 4.85. The summed E-state index contributed by atoms with van der Waals surface area (Å²) in [6.45, 7) is 5.22. The summed E-state index contributed by atoms with van der Waals surface area (Å²) < 4.78 is 0. The molecule has 0 aromatic carbocycles. The van der Waals surface area contributed by atoms with Gasteiger partial charge in [-0.05, 0) is 31.7 Å². The molecule has 0 rings (SSSR count). The summed E-state index contributed by atoms with van der Waals surface area (Å²) in [6, 6.07) is 0. The Labute approximate surface area is 64.3 Å². The van der Waals surface area contributed by atoms with Crippen LogP contribution in [0.5, 0.6) is 0 Å². The van der Waals surface area contributed by atoms with Crippen LogP contribution in [0.25, 0.3) is 0 Å². The Balaban J connectivity index is 3.24. The molecule has 0 aliphatic heterocycles. The Morgan fingerprint density at radius 3 is 2.70 bits per heavy atom. The van der Waals surface area contributed by atoms with Crippen LogP contribution in [0.3, 0.4) is 0 Å². The second kappa shape index (κ2) is 6.81. The molecule has 10 heavy (non-hydrogen) atoms. The topological polar surface area (TPSA) is 26.0 Å². The minimum Gasteiger partial charge on any atom is -0.330 e. The average Bonchev–Trinajstić information content (AvgIpc) is 1.97. The molecule has 2 N–H and O–H groups in total. The summed E-state index contributed by atoms with van der Waals surface area (Å²) in [6.07, 6.45) is 8.02. The summed E-state index contributed by atoms with van der Waals surface area (Å²) in [4.78, 5) is 0. The van der Waals surface area contributed by atoms with Crippen LogP contribution in [0.2, 0.25) is 0 Å². The van der Waals surface area contributed by atoms with E-state index in [1.54, 1.807) is 0 Å². The second-order valence-electron chi connectivity index (χ2n) is 2.74. The molecule has 1 nitrogen and oxygen atoms in total. The molecule has 0 aromatic heterocycles. The van der Waals surface area contributed by atoms with Crippen LogP contribution < -0.4 is 5.73 Å². The summed E-state index contributed by atoms with van der Waals surface area (Å²) in [5.74, 6) is 0.712.